The summed E-state index contributed by atoms with van der Waals surface area (Å²) >= 11 is 0. The van der Waals surface area contributed by atoms with Crippen molar-refractivity contribution >= 4 is 11.9 Å². The number of fused-ring (bicyclic) bond motifs is 1. The van der Waals surface area contributed by atoms with E-state index in [4.69, 9.17) is 0 Å². The van der Waals surface area contributed by atoms with Crippen molar-refractivity contribution in [3.05, 3.63) is 34.9 Å². The van der Waals surface area contributed by atoms with Crippen LogP contribution in [-0.2, 0) is 24.4 Å². The lowest BCUT2D eigenvalue weighted by atomic mass is 9.96. The number of likely N-dealkylation sites (tertiary alicyclic amines) is 2. The van der Waals surface area contributed by atoms with Crippen LogP contribution in [0.15, 0.2) is 18.2 Å². The Morgan fingerprint density at radius 2 is 1.69 bits per heavy atom. The molecule has 0 bridgehead atoms. The number of hydrogen-bond donors (Lipinski definition) is 2. The summed E-state index contributed by atoms with van der Waals surface area (Å²) in [7, 11) is 0. The third-order valence-electron chi connectivity index (χ3n) is 5.88. The smallest absolute Gasteiger partial charge is 0.319 e. The molecule has 3 amide bonds. The summed E-state index contributed by atoms with van der Waals surface area (Å²) in [6.45, 7) is 5.59. The first-order chi connectivity index (χ1) is 12.7. The third kappa shape index (κ3) is 3.70. The minimum atomic E-state index is 0.0220. The normalized spacial score (nSPS) is 20.3. The zero-order valence-electron chi connectivity index (χ0n) is 15.3. The molecule has 2 fully saturated rings. The van der Waals surface area contributed by atoms with Gasteiger partial charge in [0.25, 0.3) is 0 Å². The third-order valence-corrected chi connectivity index (χ3v) is 5.88. The number of amides is 3. The first kappa shape index (κ1) is 17.3. The molecule has 0 aliphatic carbocycles. The molecule has 1 aromatic rings. The van der Waals surface area contributed by atoms with Crippen LogP contribution in [0.3, 0.4) is 0 Å². The van der Waals surface area contributed by atoms with E-state index in [0.717, 1.165) is 57.4 Å². The van der Waals surface area contributed by atoms with E-state index >= 15 is 0 Å². The number of benzene rings is 1. The lowest BCUT2D eigenvalue weighted by Gasteiger charge is -2.34. The van der Waals surface area contributed by atoms with Crippen LogP contribution < -0.4 is 10.6 Å². The summed E-state index contributed by atoms with van der Waals surface area (Å²) < 4.78 is 0. The second-order valence-corrected chi connectivity index (χ2v) is 7.66. The molecular formula is C20H28N4O2. The Kier molecular flexibility index (Phi) is 5.11. The number of carbonyl (C=O) groups is 2. The van der Waals surface area contributed by atoms with Crippen LogP contribution in [-0.4, -0.2) is 47.9 Å². The van der Waals surface area contributed by atoms with Crippen molar-refractivity contribution in [2.75, 3.05) is 26.2 Å². The maximum Gasteiger partial charge on any atom is 0.319 e. The maximum absolute atomic E-state index is 12.5. The largest absolute Gasteiger partial charge is 0.352 e. The highest BCUT2D eigenvalue weighted by Crippen LogP contribution is 2.21. The van der Waals surface area contributed by atoms with Gasteiger partial charge in [-0.1, -0.05) is 18.2 Å². The van der Waals surface area contributed by atoms with Crippen LogP contribution >= 0.6 is 0 Å². The minimum absolute atomic E-state index is 0.0220. The fourth-order valence-corrected chi connectivity index (χ4v) is 4.23. The maximum atomic E-state index is 12.5. The van der Waals surface area contributed by atoms with Crippen molar-refractivity contribution in [1.29, 1.82) is 0 Å². The average molecular weight is 356 g/mol. The molecule has 2 saturated heterocycles. The van der Waals surface area contributed by atoms with E-state index in [2.05, 4.69) is 28.8 Å². The fraction of sp³-hybridized carbons (Fsp3) is 0.600. The van der Waals surface area contributed by atoms with Crippen molar-refractivity contribution in [1.82, 2.24) is 20.4 Å². The lowest BCUT2D eigenvalue weighted by Crippen LogP contribution is -2.47. The first-order valence-corrected chi connectivity index (χ1v) is 9.83. The molecule has 3 aliphatic heterocycles. The molecule has 0 aromatic heterocycles. The number of nitrogens with one attached hydrogen (secondary N) is 2. The van der Waals surface area contributed by atoms with E-state index < -0.39 is 0 Å². The summed E-state index contributed by atoms with van der Waals surface area (Å²) in [4.78, 5) is 28.8. The quantitative estimate of drug-likeness (QED) is 0.868. The highest BCUT2D eigenvalue weighted by Gasteiger charge is 2.30. The number of piperidine rings is 1. The Morgan fingerprint density at radius 3 is 2.46 bits per heavy atom. The van der Waals surface area contributed by atoms with Crippen LogP contribution in [0.4, 0.5) is 4.79 Å². The Hall–Kier alpha value is -2.08. The summed E-state index contributed by atoms with van der Waals surface area (Å²) in [5.74, 6) is 0.144. The predicted molar refractivity (Wildman–Crippen MR) is 99.3 cm³/mol. The van der Waals surface area contributed by atoms with Crippen molar-refractivity contribution in [3.63, 3.8) is 0 Å². The molecule has 3 heterocycles. The van der Waals surface area contributed by atoms with Crippen molar-refractivity contribution in [3.8, 4) is 0 Å². The number of urea groups is 1. The van der Waals surface area contributed by atoms with Gasteiger partial charge in [-0.15, -0.1) is 0 Å². The Labute approximate surface area is 154 Å². The number of nitrogens with zero attached hydrogens (tertiary/aromatic N) is 2. The van der Waals surface area contributed by atoms with Gasteiger partial charge in [0, 0.05) is 51.7 Å². The number of rotatable bonds is 3. The number of carbonyl (C=O) groups excluding carboxylic acids is 2. The molecule has 3 aliphatic rings. The standard InChI is InChI=1S/C20H28N4O2/c25-19(22-12-15-3-4-17-13-21-14-18(17)11-15)16-5-9-24(10-6-16)20(26)23-7-1-2-8-23/h3-4,11,16,21H,1-2,5-10,12-14H2,(H,22,25). The van der Waals surface area contributed by atoms with Crippen LogP contribution in [0.25, 0.3) is 0 Å². The molecule has 140 valence electrons. The number of hydrogen-bond acceptors (Lipinski definition) is 3. The van der Waals surface area contributed by atoms with Gasteiger partial charge in [-0.25, -0.2) is 4.79 Å². The summed E-state index contributed by atoms with van der Waals surface area (Å²) in [6.07, 6.45) is 3.76. The molecule has 2 N–H and O–H groups in total. The fourth-order valence-electron chi connectivity index (χ4n) is 4.23. The second-order valence-electron chi connectivity index (χ2n) is 7.66. The van der Waals surface area contributed by atoms with Crippen LogP contribution in [0, 0.1) is 5.92 Å². The highest BCUT2D eigenvalue weighted by molar-refractivity contribution is 5.79. The average Bonchev–Trinajstić information content (AvgIpc) is 3.37. The van der Waals surface area contributed by atoms with Gasteiger partial charge in [0.2, 0.25) is 5.91 Å². The van der Waals surface area contributed by atoms with E-state index in [9.17, 15) is 9.59 Å². The highest BCUT2D eigenvalue weighted by atomic mass is 16.2. The molecule has 0 saturated carbocycles. The molecule has 4 rings (SSSR count). The van der Waals surface area contributed by atoms with E-state index in [1.54, 1.807) is 0 Å². The van der Waals surface area contributed by atoms with E-state index in [0.29, 0.717) is 19.6 Å². The van der Waals surface area contributed by atoms with Crippen LogP contribution in [0.1, 0.15) is 42.4 Å². The predicted octanol–water partition coefficient (Wildman–Crippen LogP) is 1.83. The molecule has 6 nitrogen and oxygen atoms in total. The molecule has 0 spiro atoms. The minimum Gasteiger partial charge on any atom is -0.352 e. The van der Waals surface area contributed by atoms with Gasteiger partial charge in [0.05, 0.1) is 0 Å². The van der Waals surface area contributed by atoms with Gasteiger partial charge < -0.3 is 20.4 Å². The monoisotopic (exact) mass is 356 g/mol. The van der Waals surface area contributed by atoms with E-state index in [1.165, 1.54) is 11.1 Å². The van der Waals surface area contributed by atoms with Crippen molar-refractivity contribution in [2.45, 2.75) is 45.3 Å². The van der Waals surface area contributed by atoms with Gasteiger partial charge in [-0.3, -0.25) is 4.79 Å². The van der Waals surface area contributed by atoms with Crippen molar-refractivity contribution < 1.29 is 9.59 Å². The van der Waals surface area contributed by atoms with Gasteiger partial charge in [0.15, 0.2) is 0 Å². The van der Waals surface area contributed by atoms with E-state index in [1.807, 2.05) is 9.80 Å². The molecule has 0 unspecified atom stereocenters. The van der Waals surface area contributed by atoms with Gasteiger partial charge in [-0.05, 0) is 42.4 Å². The van der Waals surface area contributed by atoms with Crippen LogP contribution in [0.2, 0.25) is 0 Å². The van der Waals surface area contributed by atoms with Gasteiger partial charge in [0.1, 0.15) is 0 Å². The molecule has 1 aromatic carbocycles. The van der Waals surface area contributed by atoms with Crippen molar-refractivity contribution in [2.24, 2.45) is 5.92 Å². The van der Waals surface area contributed by atoms with E-state index in [-0.39, 0.29) is 17.9 Å². The van der Waals surface area contributed by atoms with Gasteiger partial charge in [-0.2, -0.15) is 0 Å². The first-order valence-electron chi connectivity index (χ1n) is 9.83. The summed E-state index contributed by atoms with van der Waals surface area (Å²) in [5.41, 5.74) is 3.85. The molecule has 0 radical (unpaired) electrons. The molecule has 26 heavy (non-hydrogen) atoms. The lowest BCUT2D eigenvalue weighted by molar-refractivity contribution is -0.126. The van der Waals surface area contributed by atoms with Gasteiger partial charge >= 0.3 is 6.03 Å². The second kappa shape index (κ2) is 7.66. The summed E-state index contributed by atoms with van der Waals surface area (Å²) in [5, 5.41) is 6.43. The molecular weight excluding hydrogens is 328 g/mol. The molecule has 0 atom stereocenters. The SMILES string of the molecule is O=C(NCc1ccc2c(c1)CNC2)C1CCN(C(=O)N2CCCC2)CC1. The Bertz CT molecular complexity index is 676. The Balaban J connectivity index is 1.24. The summed E-state index contributed by atoms with van der Waals surface area (Å²) in [6, 6.07) is 6.60. The molecule has 6 heteroatoms. The zero-order chi connectivity index (χ0) is 17.9. The topological polar surface area (TPSA) is 64.7 Å². The Morgan fingerprint density at radius 1 is 1.00 bits per heavy atom. The zero-order valence-corrected chi connectivity index (χ0v) is 15.3. The van der Waals surface area contributed by atoms with Crippen LogP contribution in [0.5, 0.6) is 0 Å².